The predicted molar refractivity (Wildman–Crippen MR) is 88.5 cm³/mol. The summed E-state index contributed by atoms with van der Waals surface area (Å²) < 4.78 is 5.08. The van der Waals surface area contributed by atoms with Crippen LogP contribution in [0.3, 0.4) is 0 Å². The van der Waals surface area contributed by atoms with Crippen molar-refractivity contribution in [2.24, 2.45) is 0 Å². The van der Waals surface area contributed by atoms with Crippen molar-refractivity contribution in [3.8, 4) is 0 Å². The number of benzene rings is 1. The Labute approximate surface area is 142 Å². The molecule has 0 saturated carbocycles. The Morgan fingerprint density at radius 2 is 2.13 bits per heavy atom. The molecular formula is C16H23ClN2O4. The normalized spacial score (nSPS) is 17.5. The molecule has 0 aliphatic carbocycles. The Morgan fingerprint density at radius 1 is 1.39 bits per heavy atom. The van der Waals surface area contributed by atoms with Crippen molar-refractivity contribution in [1.82, 2.24) is 10.2 Å². The SMILES string of the molecule is COCc1cccc(CNC(=O)CN2CCC[C@@H]2C(=O)O)c1.Cl. The van der Waals surface area contributed by atoms with Crippen molar-refractivity contribution in [2.75, 3.05) is 20.2 Å². The highest BCUT2D eigenvalue weighted by molar-refractivity contribution is 5.85. The van der Waals surface area contributed by atoms with Gasteiger partial charge in [-0.2, -0.15) is 0 Å². The van der Waals surface area contributed by atoms with Gasteiger partial charge < -0.3 is 15.2 Å². The lowest BCUT2D eigenvalue weighted by Crippen LogP contribution is -2.42. The number of carboxylic acids is 1. The summed E-state index contributed by atoms with van der Waals surface area (Å²) in [6.07, 6.45) is 1.44. The molecule has 1 aliphatic rings. The van der Waals surface area contributed by atoms with E-state index in [0.29, 0.717) is 26.1 Å². The molecule has 1 heterocycles. The van der Waals surface area contributed by atoms with Crippen LogP contribution in [-0.2, 0) is 27.5 Å². The highest BCUT2D eigenvalue weighted by Crippen LogP contribution is 2.16. The van der Waals surface area contributed by atoms with Gasteiger partial charge in [-0.3, -0.25) is 14.5 Å². The van der Waals surface area contributed by atoms with E-state index in [1.807, 2.05) is 24.3 Å². The third-order valence-corrected chi connectivity index (χ3v) is 3.79. The van der Waals surface area contributed by atoms with Gasteiger partial charge in [-0.25, -0.2) is 0 Å². The number of amides is 1. The molecule has 0 radical (unpaired) electrons. The number of hydrogen-bond donors (Lipinski definition) is 2. The van der Waals surface area contributed by atoms with Crippen molar-refractivity contribution in [1.29, 1.82) is 0 Å². The molecule has 7 heteroatoms. The molecule has 1 amide bonds. The van der Waals surface area contributed by atoms with Crippen LogP contribution in [0.1, 0.15) is 24.0 Å². The van der Waals surface area contributed by atoms with Gasteiger partial charge in [0.1, 0.15) is 6.04 Å². The highest BCUT2D eigenvalue weighted by Gasteiger charge is 2.31. The maximum absolute atomic E-state index is 12.0. The number of nitrogens with one attached hydrogen (secondary N) is 1. The van der Waals surface area contributed by atoms with Gasteiger partial charge in [-0.15, -0.1) is 12.4 Å². The summed E-state index contributed by atoms with van der Waals surface area (Å²) in [4.78, 5) is 24.8. The molecule has 2 N–H and O–H groups in total. The number of carboxylic acid groups (broad SMARTS) is 1. The maximum Gasteiger partial charge on any atom is 0.320 e. The first-order valence-electron chi connectivity index (χ1n) is 7.40. The average Bonchev–Trinajstić information content (AvgIpc) is 2.94. The lowest BCUT2D eigenvalue weighted by atomic mass is 10.1. The minimum absolute atomic E-state index is 0. The zero-order valence-corrected chi connectivity index (χ0v) is 14.0. The van der Waals surface area contributed by atoms with E-state index in [-0.39, 0.29) is 24.9 Å². The summed E-state index contributed by atoms with van der Waals surface area (Å²) in [6.45, 7) is 1.76. The van der Waals surface area contributed by atoms with Crippen molar-refractivity contribution < 1.29 is 19.4 Å². The number of nitrogens with zero attached hydrogens (tertiary/aromatic N) is 1. The summed E-state index contributed by atoms with van der Waals surface area (Å²) in [5.41, 5.74) is 2.05. The lowest BCUT2D eigenvalue weighted by Gasteiger charge is -2.20. The Balaban J connectivity index is 0.00000264. The Kier molecular flexibility index (Phi) is 8.02. The van der Waals surface area contributed by atoms with E-state index < -0.39 is 12.0 Å². The maximum atomic E-state index is 12.0. The van der Waals surface area contributed by atoms with Crippen LogP contribution >= 0.6 is 12.4 Å². The number of carbonyl (C=O) groups is 2. The van der Waals surface area contributed by atoms with Crippen LogP contribution in [0.4, 0.5) is 0 Å². The van der Waals surface area contributed by atoms with Crippen LogP contribution in [0.5, 0.6) is 0 Å². The fraction of sp³-hybridized carbons (Fsp3) is 0.500. The fourth-order valence-corrected chi connectivity index (χ4v) is 2.73. The summed E-state index contributed by atoms with van der Waals surface area (Å²) in [5, 5.41) is 11.9. The quantitative estimate of drug-likeness (QED) is 0.783. The molecule has 0 spiro atoms. The second-order valence-electron chi connectivity index (χ2n) is 5.50. The minimum Gasteiger partial charge on any atom is -0.480 e. The largest absolute Gasteiger partial charge is 0.480 e. The third kappa shape index (κ3) is 5.82. The molecule has 0 aromatic heterocycles. The van der Waals surface area contributed by atoms with Crippen LogP contribution in [0.15, 0.2) is 24.3 Å². The van der Waals surface area contributed by atoms with Gasteiger partial charge in [0, 0.05) is 13.7 Å². The summed E-state index contributed by atoms with van der Waals surface area (Å²) in [5.74, 6) is -0.997. The first-order valence-corrected chi connectivity index (χ1v) is 7.40. The van der Waals surface area contributed by atoms with Gasteiger partial charge in [0.2, 0.25) is 5.91 Å². The third-order valence-electron chi connectivity index (χ3n) is 3.79. The first kappa shape index (κ1) is 19.4. The van der Waals surface area contributed by atoms with Gasteiger partial charge >= 0.3 is 5.97 Å². The van der Waals surface area contributed by atoms with Crippen LogP contribution in [-0.4, -0.2) is 48.1 Å². The Hall–Kier alpha value is -1.63. The van der Waals surface area contributed by atoms with Crippen LogP contribution < -0.4 is 5.32 Å². The van der Waals surface area contributed by atoms with Gasteiger partial charge in [-0.05, 0) is 30.5 Å². The van der Waals surface area contributed by atoms with Gasteiger partial charge in [0.15, 0.2) is 0 Å². The van der Waals surface area contributed by atoms with E-state index >= 15 is 0 Å². The molecule has 6 nitrogen and oxygen atoms in total. The summed E-state index contributed by atoms with van der Waals surface area (Å²) in [6, 6.07) is 7.29. The number of rotatable bonds is 7. The van der Waals surface area contributed by atoms with Gasteiger partial charge in [0.05, 0.1) is 13.2 Å². The lowest BCUT2D eigenvalue weighted by molar-refractivity contribution is -0.142. The van der Waals surface area contributed by atoms with Crippen LogP contribution in [0, 0.1) is 0 Å². The standard InChI is InChI=1S/C16H22N2O4.ClH/c1-22-11-13-5-2-4-12(8-13)9-17-15(19)10-18-7-3-6-14(18)16(20)21;/h2,4-5,8,14H,3,6-7,9-11H2,1H3,(H,17,19)(H,20,21);1H/t14-;/m1./s1. The Morgan fingerprint density at radius 3 is 2.83 bits per heavy atom. The van der Waals surface area contributed by atoms with Crippen molar-refractivity contribution >= 4 is 24.3 Å². The molecule has 1 aromatic carbocycles. The molecule has 1 atom stereocenters. The van der Waals surface area contributed by atoms with Crippen molar-refractivity contribution in [3.05, 3.63) is 35.4 Å². The second kappa shape index (κ2) is 9.50. The number of ether oxygens (including phenoxy) is 1. The number of halogens is 1. The second-order valence-corrected chi connectivity index (χ2v) is 5.50. The van der Waals surface area contributed by atoms with Crippen molar-refractivity contribution in [3.63, 3.8) is 0 Å². The van der Waals surface area contributed by atoms with E-state index in [2.05, 4.69) is 5.32 Å². The molecule has 1 saturated heterocycles. The number of likely N-dealkylation sites (tertiary alicyclic amines) is 1. The van der Waals surface area contributed by atoms with Gasteiger partial charge in [0.25, 0.3) is 0 Å². The van der Waals surface area contributed by atoms with E-state index in [9.17, 15) is 9.59 Å². The molecule has 2 rings (SSSR count). The van der Waals surface area contributed by atoms with E-state index in [0.717, 1.165) is 17.5 Å². The molecule has 1 fully saturated rings. The number of hydrogen-bond acceptors (Lipinski definition) is 4. The van der Waals surface area contributed by atoms with Crippen LogP contribution in [0.2, 0.25) is 0 Å². The summed E-state index contributed by atoms with van der Waals surface area (Å²) in [7, 11) is 1.64. The molecule has 0 unspecified atom stereocenters. The van der Waals surface area contributed by atoms with E-state index in [1.54, 1.807) is 12.0 Å². The number of methoxy groups -OCH3 is 1. The molecular weight excluding hydrogens is 320 g/mol. The average molecular weight is 343 g/mol. The van der Waals surface area contributed by atoms with Crippen LogP contribution in [0.25, 0.3) is 0 Å². The van der Waals surface area contributed by atoms with E-state index in [1.165, 1.54) is 0 Å². The predicted octanol–water partition coefficient (Wildman–Crippen LogP) is 1.42. The van der Waals surface area contributed by atoms with Gasteiger partial charge in [-0.1, -0.05) is 24.3 Å². The molecule has 1 aliphatic heterocycles. The molecule has 0 bridgehead atoms. The number of aliphatic carboxylic acids is 1. The molecule has 1 aromatic rings. The monoisotopic (exact) mass is 342 g/mol. The highest BCUT2D eigenvalue weighted by atomic mass is 35.5. The minimum atomic E-state index is -0.849. The first-order chi connectivity index (χ1) is 10.6. The Bertz CT molecular complexity index is 539. The molecule has 128 valence electrons. The zero-order chi connectivity index (χ0) is 15.9. The van der Waals surface area contributed by atoms with E-state index in [4.69, 9.17) is 9.84 Å². The van der Waals surface area contributed by atoms with Crippen molar-refractivity contribution in [2.45, 2.75) is 32.0 Å². The molecule has 23 heavy (non-hydrogen) atoms. The summed E-state index contributed by atoms with van der Waals surface area (Å²) >= 11 is 0. The fourth-order valence-electron chi connectivity index (χ4n) is 2.73. The zero-order valence-electron chi connectivity index (χ0n) is 13.2. The smallest absolute Gasteiger partial charge is 0.320 e. The topological polar surface area (TPSA) is 78.9 Å². The number of carbonyl (C=O) groups excluding carboxylic acids is 1.